The lowest BCUT2D eigenvalue weighted by atomic mass is 10.1. The van der Waals surface area contributed by atoms with Crippen LogP contribution in [0.4, 0.5) is 5.69 Å². The smallest absolute Gasteiger partial charge is 0.264 e. The van der Waals surface area contributed by atoms with Crippen molar-refractivity contribution in [3.05, 3.63) is 88.4 Å². The first-order chi connectivity index (χ1) is 19.1. The molecule has 1 atom stereocenters. The molecule has 0 aromatic heterocycles. The third kappa shape index (κ3) is 7.68. The molecule has 0 bridgehead atoms. The first-order valence-electron chi connectivity index (χ1n) is 12.9. The molecule has 0 aliphatic carbocycles. The second-order valence-electron chi connectivity index (χ2n) is 8.96. The van der Waals surface area contributed by atoms with Crippen molar-refractivity contribution < 1.29 is 22.7 Å². The Morgan fingerprint density at radius 1 is 0.950 bits per heavy atom. The minimum Gasteiger partial charge on any atom is -0.492 e. The minimum atomic E-state index is -4.20. The van der Waals surface area contributed by atoms with Crippen molar-refractivity contribution in [2.24, 2.45) is 0 Å². The third-order valence-electron chi connectivity index (χ3n) is 6.10. The molecular formula is C29H33Cl2N3O5S. The number of para-hydroxylation sites is 2. The Labute approximate surface area is 245 Å². The first-order valence-corrected chi connectivity index (χ1v) is 15.1. The van der Waals surface area contributed by atoms with Gasteiger partial charge in [-0.2, -0.15) is 0 Å². The van der Waals surface area contributed by atoms with Crippen LogP contribution in [0.2, 0.25) is 10.0 Å². The summed E-state index contributed by atoms with van der Waals surface area (Å²) in [6, 6.07) is 18.5. The maximum atomic E-state index is 14.0. The van der Waals surface area contributed by atoms with Gasteiger partial charge in [-0.1, -0.05) is 66.5 Å². The number of ether oxygens (including phenoxy) is 1. The molecule has 0 heterocycles. The summed E-state index contributed by atoms with van der Waals surface area (Å²) in [4.78, 5) is 28.3. The van der Waals surface area contributed by atoms with Gasteiger partial charge in [0.2, 0.25) is 11.8 Å². The molecule has 1 unspecified atom stereocenters. The standard InChI is InChI=1S/C29H33Cl2N3O5S/c1-4-17-32-29(36)21(3)33(19-22-15-16-24(30)25(31)18-22)28(35)20-34(26-13-9-10-14-27(26)39-5-2)40(37,38)23-11-7-6-8-12-23/h6-16,18,21H,4-5,17,19-20H2,1-3H3,(H,32,36). The number of nitrogens with zero attached hydrogens (tertiary/aromatic N) is 2. The number of anilines is 1. The molecule has 3 aromatic rings. The highest BCUT2D eigenvalue weighted by Crippen LogP contribution is 2.33. The SMILES string of the molecule is CCCNC(=O)C(C)N(Cc1ccc(Cl)c(Cl)c1)C(=O)CN(c1ccccc1OCC)S(=O)(=O)c1ccccc1. The fourth-order valence-corrected chi connectivity index (χ4v) is 5.75. The lowest BCUT2D eigenvalue weighted by Gasteiger charge is -2.32. The van der Waals surface area contributed by atoms with Gasteiger partial charge in [-0.15, -0.1) is 0 Å². The van der Waals surface area contributed by atoms with Crippen LogP contribution >= 0.6 is 23.2 Å². The van der Waals surface area contributed by atoms with Crippen molar-refractivity contribution >= 4 is 50.7 Å². The second-order valence-corrected chi connectivity index (χ2v) is 11.6. The van der Waals surface area contributed by atoms with E-state index in [1.54, 1.807) is 74.5 Å². The Balaban J connectivity index is 2.07. The zero-order chi connectivity index (χ0) is 29.3. The van der Waals surface area contributed by atoms with E-state index in [2.05, 4.69) is 5.32 Å². The van der Waals surface area contributed by atoms with Crippen molar-refractivity contribution in [1.82, 2.24) is 10.2 Å². The summed E-state index contributed by atoms with van der Waals surface area (Å²) in [5, 5.41) is 3.46. The molecule has 40 heavy (non-hydrogen) atoms. The van der Waals surface area contributed by atoms with E-state index in [0.29, 0.717) is 34.5 Å². The molecule has 11 heteroatoms. The van der Waals surface area contributed by atoms with Crippen LogP contribution in [0.5, 0.6) is 5.75 Å². The van der Waals surface area contributed by atoms with Crippen molar-refractivity contribution in [3.8, 4) is 5.75 Å². The molecule has 0 spiro atoms. The lowest BCUT2D eigenvalue weighted by Crippen LogP contribution is -2.51. The van der Waals surface area contributed by atoms with Gasteiger partial charge in [0, 0.05) is 13.1 Å². The van der Waals surface area contributed by atoms with Gasteiger partial charge in [-0.3, -0.25) is 13.9 Å². The molecule has 0 saturated heterocycles. The predicted octanol–water partition coefficient (Wildman–Crippen LogP) is 5.53. The maximum absolute atomic E-state index is 14.0. The van der Waals surface area contributed by atoms with Gasteiger partial charge in [0.25, 0.3) is 10.0 Å². The number of nitrogens with one attached hydrogen (secondary N) is 1. The lowest BCUT2D eigenvalue weighted by molar-refractivity contribution is -0.139. The zero-order valence-corrected chi connectivity index (χ0v) is 25.0. The maximum Gasteiger partial charge on any atom is 0.264 e. The number of rotatable bonds is 13. The number of carbonyl (C=O) groups excluding carboxylic acids is 2. The van der Waals surface area contributed by atoms with E-state index in [4.69, 9.17) is 27.9 Å². The van der Waals surface area contributed by atoms with E-state index in [-0.39, 0.29) is 23.0 Å². The predicted molar refractivity (Wildman–Crippen MR) is 158 cm³/mol. The number of sulfonamides is 1. The van der Waals surface area contributed by atoms with Gasteiger partial charge in [0.15, 0.2) is 0 Å². The highest BCUT2D eigenvalue weighted by molar-refractivity contribution is 7.92. The number of halogens is 2. The van der Waals surface area contributed by atoms with Gasteiger partial charge < -0.3 is 15.0 Å². The van der Waals surface area contributed by atoms with Crippen LogP contribution in [-0.4, -0.2) is 50.9 Å². The Morgan fingerprint density at radius 2 is 1.62 bits per heavy atom. The van der Waals surface area contributed by atoms with Crippen molar-refractivity contribution in [3.63, 3.8) is 0 Å². The van der Waals surface area contributed by atoms with Gasteiger partial charge >= 0.3 is 0 Å². The molecule has 2 amide bonds. The molecule has 3 aromatic carbocycles. The molecule has 1 N–H and O–H groups in total. The van der Waals surface area contributed by atoms with E-state index < -0.39 is 28.5 Å². The first kappa shape index (κ1) is 31.3. The molecular weight excluding hydrogens is 573 g/mol. The molecule has 3 rings (SSSR count). The Kier molecular flexibility index (Phi) is 11.2. The van der Waals surface area contributed by atoms with Crippen LogP contribution in [0.3, 0.4) is 0 Å². The number of hydrogen-bond donors (Lipinski definition) is 1. The summed E-state index contributed by atoms with van der Waals surface area (Å²) < 4.78 is 34.6. The zero-order valence-electron chi connectivity index (χ0n) is 22.6. The number of amides is 2. The second kappa shape index (κ2) is 14.4. The van der Waals surface area contributed by atoms with E-state index in [9.17, 15) is 18.0 Å². The van der Waals surface area contributed by atoms with Crippen LogP contribution in [0.1, 0.15) is 32.8 Å². The van der Waals surface area contributed by atoms with Crippen LogP contribution in [0.25, 0.3) is 0 Å². The third-order valence-corrected chi connectivity index (χ3v) is 8.61. The van der Waals surface area contributed by atoms with Crippen molar-refractivity contribution in [2.45, 2.75) is 44.7 Å². The monoisotopic (exact) mass is 605 g/mol. The number of benzene rings is 3. The van der Waals surface area contributed by atoms with Crippen LogP contribution in [0.15, 0.2) is 77.7 Å². The summed E-state index contributed by atoms with van der Waals surface area (Å²) in [5.41, 5.74) is 0.837. The Morgan fingerprint density at radius 3 is 2.27 bits per heavy atom. The van der Waals surface area contributed by atoms with Crippen LogP contribution < -0.4 is 14.4 Å². The molecule has 214 valence electrons. The average Bonchev–Trinajstić information content (AvgIpc) is 2.95. The Hall–Kier alpha value is -3.27. The van der Waals surface area contributed by atoms with Crippen LogP contribution in [-0.2, 0) is 26.2 Å². The summed E-state index contributed by atoms with van der Waals surface area (Å²) in [5.74, 6) is -0.638. The van der Waals surface area contributed by atoms with Gasteiger partial charge in [-0.05, 0) is 62.2 Å². The van der Waals surface area contributed by atoms with Crippen molar-refractivity contribution in [2.75, 3.05) is 24.0 Å². The van der Waals surface area contributed by atoms with E-state index in [1.165, 1.54) is 17.0 Å². The van der Waals surface area contributed by atoms with E-state index in [0.717, 1.165) is 10.7 Å². The Bertz CT molecular complexity index is 1420. The van der Waals surface area contributed by atoms with Gasteiger partial charge in [-0.25, -0.2) is 8.42 Å². The molecule has 0 radical (unpaired) electrons. The van der Waals surface area contributed by atoms with Crippen molar-refractivity contribution in [1.29, 1.82) is 0 Å². The minimum absolute atomic E-state index is 0.00274. The molecule has 0 aliphatic heterocycles. The summed E-state index contributed by atoms with van der Waals surface area (Å²) in [6.07, 6.45) is 0.719. The van der Waals surface area contributed by atoms with E-state index in [1.807, 2.05) is 6.92 Å². The normalized spacial score (nSPS) is 11.9. The van der Waals surface area contributed by atoms with Gasteiger partial charge in [0.05, 0.1) is 27.2 Å². The molecule has 0 saturated carbocycles. The summed E-state index contributed by atoms with van der Waals surface area (Å²) in [7, 11) is -4.20. The highest BCUT2D eigenvalue weighted by atomic mass is 35.5. The fraction of sp³-hybridized carbons (Fsp3) is 0.310. The van der Waals surface area contributed by atoms with Crippen LogP contribution in [0, 0.1) is 0 Å². The molecule has 0 aliphatic rings. The highest BCUT2D eigenvalue weighted by Gasteiger charge is 2.33. The summed E-state index contributed by atoms with van der Waals surface area (Å²) >= 11 is 12.3. The van der Waals surface area contributed by atoms with Gasteiger partial charge in [0.1, 0.15) is 18.3 Å². The topological polar surface area (TPSA) is 96.0 Å². The molecule has 8 nitrogen and oxygen atoms in total. The molecule has 0 fully saturated rings. The average molecular weight is 607 g/mol. The number of hydrogen-bond acceptors (Lipinski definition) is 5. The number of carbonyl (C=O) groups is 2. The fourth-order valence-electron chi connectivity index (χ4n) is 3.99. The summed E-state index contributed by atoms with van der Waals surface area (Å²) in [6.45, 7) is 5.47. The quantitative estimate of drug-likeness (QED) is 0.276. The van der Waals surface area contributed by atoms with E-state index >= 15 is 0 Å². The largest absolute Gasteiger partial charge is 0.492 e.